The Morgan fingerprint density at radius 2 is 1.75 bits per heavy atom. The van der Waals surface area contributed by atoms with Gasteiger partial charge in [-0.15, -0.1) is 0 Å². The Morgan fingerprint density at radius 1 is 1.38 bits per heavy atom. The van der Waals surface area contributed by atoms with Crippen LogP contribution in [0.5, 0.6) is 0 Å². The molecule has 0 aliphatic heterocycles. The Kier molecular flexibility index (Phi) is 2.70. The molecule has 50 valence electrons. The lowest BCUT2D eigenvalue weighted by Gasteiger charge is -2.22. The van der Waals surface area contributed by atoms with E-state index in [1.54, 1.807) is 0 Å². The van der Waals surface area contributed by atoms with Crippen molar-refractivity contribution in [1.82, 2.24) is 0 Å². The van der Waals surface area contributed by atoms with Crippen molar-refractivity contribution in [3.8, 4) is 0 Å². The summed E-state index contributed by atoms with van der Waals surface area (Å²) in [6, 6.07) is 0. The van der Waals surface area contributed by atoms with Crippen LogP contribution in [0.15, 0.2) is 0 Å². The van der Waals surface area contributed by atoms with Gasteiger partial charge in [0.2, 0.25) is 0 Å². The van der Waals surface area contributed by atoms with Crippen molar-refractivity contribution in [3.05, 3.63) is 0 Å². The first-order valence-corrected chi connectivity index (χ1v) is 4.25. The number of ether oxygens (including phenoxy) is 1. The maximum atomic E-state index is 5.50. The highest BCUT2D eigenvalue weighted by molar-refractivity contribution is 6.10. The topological polar surface area (TPSA) is 9.23 Å². The van der Waals surface area contributed by atoms with Gasteiger partial charge in [0, 0.05) is 16.0 Å². The maximum absolute atomic E-state index is 5.50. The third-order valence-corrected chi connectivity index (χ3v) is 0.825. The molecule has 1 atom stereocenters. The second-order valence-corrected chi connectivity index (χ2v) is 4.91. The minimum absolute atomic E-state index is 0.0567. The molecule has 0 saturated heterocycles. The number of rotatable bonds is 1. The molecule has 0 aliphatic carbocycles. The molecule has 0 aromatic heterocycles. The van der Waals surface area contributed by atoms with E-state index in [1.807, 2.05) is 0 Å². The maximum Gasteiger partial charge on any atom is 0.0597 e. The van der Waals surface area contributed by atoms with Gasteiger partial charge in [-0.25, -0.2) is 0 Å². The van der Waals surface area contributed by atoms with E-state index in [0.717, 1.165) is 10.2 Å². The van der Waals surface area contributed by atoms with E-state index in [2.05, 4.69) is 27.7 Å². The first kappa shape index (κ1) is 8.18. The minimum Gasteiger partial charge on any atom is -0.377 e. The molecular weight excluding hydrogens is 116 g/mol. The fraction of sp³-hybridized carbons (Fsp3) is 1.00. The van der Waals surface area contributed by atoms with Crippen LogP contribution in [-0.4, -0.2) is 21.6 Å². The number of hydrogen-bond acceptors (Lipinski definition) is 1. The minimum atomic E-state index is 0.0567. The van der Waals surface area contributed by atoms with E-state index in [9.17, 15) is 0 Å². The van der Waals surface area contributed by atoms with Crippen LogP contribution >= 0.6 is 0 Å². The molecule has 0 aromatic rings. The van der Waals surface area contributed by atoms with Crippen LogP contribution in [0.1, 0.15) is 27.7 Å². The standard InChI is InChI=1S/C6H16OSi/c1-5(8)7-6(2,3)4/h5H,1-4,8H3. The molecule has 1 unspecified atom stereocenters. The summed E-state index contributed by atoms with van der Waals surface area (Å²) in [6.45, 7) is 8.36. The van der Waals surface area contributed by atoms with E-state index >= 15 is 0 Å². The highest BCUT2D eigenvalue weighted by Gasteiger charge is 2.10. The Balaban J connectivity index is 3.39. The Labute approximate surface area is 54.8 Å². The van der Waals surface area contributed by atoms with Crippen molar-refractivity contribution >= 4 is 10.2 Å². The van der Waals surface area contributed by atoms with E-state index in [-0.39, 0.29) is 5.60 Å². The van der Waals surface area contributed by atoms with Crippen molar-refractivity contribution in [2.75, 3.05) is 0 Å². The lowest BCUT2D eigenvalue weighted by Crippen LogP contribution is -2.25. The van der Waals surface area contributed by atoms with Gasteiger partial charge in [-0.05, 0) is 27.7 Å². The average molecular weight is 132 g/mol. The van der Waals surface area contributed by atoms with Gasteiger partial charge in [-0.2, -0.15) is 0 Å². The van der Waals surface area contributed by atoms with E-state index < -0.39 is 0 Å². The van der Waals surface area contributed by atoms with Gasteiger partial charge < -0.3 is 4.74 Å². The quantitative estimate of drug-likeness (QED) is 0.472. The molecule has 0 aromatic carbocycles. The SMILES string of the molecule is CC([SiH3])OC(C)(C)C. The van der Waals surface area contributed by atoms with Crippen LogP contribution < -0.4 is 0 Å². The third kappa shape index (κ3) is 6.18. The van der Waals surface area contributed by atoms with Gasteiger partial charge in [-0.1, -0.05) is 0 Å². The summed E-state index contributed by atoms with van der Waals surface area (Å²) in [7, 11) is 1.13. The molecule has 0 saturated carbocycles. The normalized spacial score (nSPS) is 16.5. The highest BCUT2D eigenvalue weighted by Crippen LogP contribution is 2.07. The molecule has 0 rings (SSSR count). The van der Waals surface area contributed by atoms with Gasteiger partial charge in [0.1, 0.15) is 0 Å². The van der Waals surface area contributed by atoms with Crippen LogP contribution in [-0.2, 0) is 4.74 Å². The zero-order valence-corrected chi connectivity index (χ0v) is 8.49. The lowest BCUT2D eigenvalue weighted by molar-refractivity contribution is -0.0153. The largest absolute Gasteiger partial charge is 0.377 e. The predicted octanol–water partition coefficient (Wildman–Crippen LogP) is 0.513. The van der Waals surface area contributed by atoms with Crippen molar-refractivity contribution < 1.29 is 4.74 Å². The van der Waals surface area contributed by atoms with Gasteiger partial charge in [0.25, 0.3) is 0 Å². The zero-order valence-electron chi connectivity index (χ0n) is 6.49. The summed E-state index contributed by atoms with van der Waals surface area (Å²) < 4.78 is 5.50. The van der Waals surface area contributed by atoms with E-state index in [4.69, 9.17) is 4.74 Å². The Morgan fingerprint density at radius 3 is 1.75 bits per heavy atom. The molecule has 0 N–H and O–H groups in total. The molecule has 0 aliphatic rings. The van der Waals surface area contributed by atoms with Crippen molar-refractivity contribution in [1.29, 1.82) is 0 Å². The summed E-state index contributed by atoms with van der Waals surface area (Å²) in [5, 5.41) is 0. The van der Waals surface area contributed by atoms with E-state index in [1.165, 1.54) is 0 Å². The molecule has 8 heavy (non-hydrogen) atoms. The lowest BCUT2D eigenvalue weighted by atomic mass is 10.2. The van der Waals surface area contributed by atoms with E-state index in [0.29, 0.717) is 5.73 Å². The summed E-state index contributed by atoms with van der Waals surface area (Å²) in [6.07, 6.45) is 0. The zero-order chi connectivity index (χ0) is 6.78. The van der Waals surface area contributed by atoms with Gasteiger partial charge in [0.15, 0.2) is 0 Å². The molecular formula is C6H16OSi. The Hall–Kier alpha value is 0.177. The van der Waals surface area contributed by atoms with Crippen LogP contribution in [0.25, 0.3) is 0 Å². The van der Waals surface area contributed by atoms with Crippen molar-refractivity contribution in [2.24, 2.45) is 0 Å². The fourth-order valence-corrected chi connectivity index (χ4v) is 1.41. The van der Waals surface area contributed by atoms with Gasteiger partial charge in [-0.3, -0.25) is 0 Å². The first-order chi connectivity index (χ1) is 3.42. The predicted molar refractivity (Wildman–Crippen MR) is 40.2 cm³/mol. The van der Waals surface area contributed by atoms with Crippen LogP contribution in [0.2, 0.25) is 0 Å². The Bertz CT molecular complexity index is 63.4. The molecule has 0 spiro atoms. The summed E-state index contributed by atoms with van der Waals surface area (Å²) in [5.74, 6) is 0. The van der Waals surface area contributed by atoms with Crippen LogP contribution in [0.4, 0.5) is 0 Å². The first-order valence-electron chi connectivity index (χ1n) is 3.09. The van der Waals surface area contributed by atoms with Gasteiger partial charge in [0.05, 0.1) is 5.60 Å². The van der Waals surface area contributed by atoms with Crippen molar-refractivity contribution in [3.63, 3.8) is 0 Å². The molecule has 0 fully saturated rings. The molecule has 0 bridgehead atoms. The van der Waals surface area contributed by atoms with Crippen LogP contribution in [0.3, 0.4) is 0 Å². The van der Waals surface area contributed by atoms with Crippen molar-refractivity contribution in [2.45, 2.75) is 39.0 Å². The monoisotopic (exact) mass is 132 g/mol. The number of hydrogen-bond donors (Lipinski definition) is 0. The fourth-order valence-electron chi connectivity index (χ4n) is 0.707. The highest BCUT2D eigenvalue weighted by atomic mass is 28.1. The second kappa shape index (κ2) is 2.64. The third-order valence-electron chi connectivity index (χ3n) is 0.589. The second-order valence-electron chi connectivity index (χ2n) is 3.28. The molecule has 1 nitrogen and oxygen atoms in total. The van der Waals surface area contributed by atoms with Gasteiger partial charge >= 0.3 is 0 Å². The summed E-state index contributed by atoms with van der Waals surface area (Å²) in [4.78, 5) is 0. The smallest absolute Gasteiger partial charge is 0.0597 e. The van der Waals surface area contributed by atoms with Crippen LogP contribution in [0, 0.1) is 0 Å². The molecule has 0 radical (unpaired) electrons. The molecule has 0 amide bonds. The molecule has 0 heterocycles. The summed E-state index contributed by atoms with van der Waals surface area (Å²) in [5.41, 5.74) is 0.538. The average Bonchev–Trinajstić information content (AvgIpc) is 1.21. The molecule has 2 heteroatoms. The summed E-state index contributed by atoms with van der Waals surface area (Å²) >= 11 is 0.